The molecular weight excluding hydrogens is 304 g/mol. The lowest BCUT2D eigenvalue weighted by atomic mass is 10.4. The Labute approximate surface area is 130 Å². The molecule has 0 aliphatic carbocycles. The Morgan fingerprint density at radius 3 is 2.13 bits per heavy atom. The first-order valence-corrected chi connectivity index (χ1v) is 7.74. The maximum atomic E-state index is 12.8. The molecule has 23 heavy (non-hydrogen) atoms. The third-order valence-corrected chi connectivity index (χ3v) is 4.36. The van der Waals surface area contributed by atoms with Gasteiger partial charge in [-0.2, -0.15) is 0 Å². The summed E-state index contributed by atoms with van der Waals surface area (Å²) in [4.78, 5) is 29.8. The van der Waals surface area contributed by atoms with Crippen molar-refractivity contribution in [3.8, 4) is 0 Å². The van der Waals surface area contributed by atoms with Crippen molar-refractivity contribution in [2.24, 2.45) is 0 Å². The SMILES string of the molecule is O=c1c2c(ncn2CC2CO2)n(CC2CO2)c(=O)n1CC1CO1. The molecule has 0 amide bonds. The summed E-state index contributed by atoms with van der Waals surface area (Å²) in [7, 11) is 0. The van der Waals surface area contributed by atoms with Gasteiger partial charge in [-0.3, -0.25) is 13.9 Å². The van der Waals surface area contributed by atoms with Crippen molar-refractivity contribution in [3.05, 3.63) is 27.2 Å². The van der Waals surface area contributed by atoms with Gasteiger partial charge in [-0.25, -0.2) is 9.78 Å². The van der Waals surface area contributed by atoms with Crippen molar-refractivity contribution >= 4 is 11.2 Å². The zero-order valence-corrected chi connectivity index (χ0v) is 12.4. The molecule has 9 nitrogen and oxygen atoms in total. The van der Waals surface area contributed by atoms with Gasteiger partial charge in [0.2, 0.25) is 0 Å². The fourth-order valence-electron chi connectivity index (χ4n) is 2.85. The molecule has 0 bridgehead atoms. The second kappa shape index (κ2) is 4.76. The number of hydrogen-bond acceptors (Lipinski definition) is 6. The summed E-state index contributed by atoms with van der Waals surface area (Å²) in [6, 6.07) is 0. The molecule has 122 valence electrons. The Morgan fingerprint density at radius 2 is 1.52 bits per heavy atom. The molecule has 0 saturated carbocycles. The fourth-order valence-corrected chi connectivity index (χ4v) is 2.85. The van der Waals surface area contributed by atoms with Crippen molar-refractivity contribution in [3.63, 3.8) is 0 Å². The molecule has 3 aliphatic heterocycles. The highest BCUT2D eigenvalue weighted by molar-refractivity contribution is 5.70. The Bertz CT molecular complexity index is 885. The molecule has 3 aliphatic rings. The van der Waals surface area contributed by atoms with E-state index in [9.17, 15) is 9.59 Å². The van der Waals surface area contributed by atoms with Crippen LogP contribution >= 0.6 is 0 Å². The smallest absolute Gasteiger partial charge is 0.332 e. The first-order valence-electron chi connectivity index (χ1n) is 7.74. The van der Waals surface area contributed by atoms with Crippen LogP contribution in [0.1, 0.15) is 0 Å². The number of aromatic nitrogens is 4. The molecule has 3 saturated heterocycles. The number of ether oxygens (including phenoxy) is 3. The third kappa shape index (κ3) is 2.41. The van der Waals surface area contributed by atoms with E-state index in [1.54, 1.807) is 15.5 Å². The monoisotopic (exact) mass is 320 g/mol. The summed E-state index contributed by atoms with van der Waals surface area (Å²) in [5.41, 5.74) is 0.207. The maximum Gasteiger partial charge on any atom is 0.332 e. The molecule has 2 aromatic heterocycles. The van der Waals surface area contributed by atoms with E-state index in [-0.39, 0.29) is 36.1 Å². The second-order valence-electron chi connectivity index (χ2n) is 6.24. The van der Waals surface area contributed by atoms with Gasteiger partial charge >= 0.3 is 5.69 Å². The van der Waals surface area contributed by atoms with E-state index in [1.807, 2.05) is 0 Å². The number of rotatable bonds is 6. The first-order chi connectivity index (χ1) is 11.2. The molecule has 9 heteroatoms. The van der Waals surface area contributed by atoms with Crippen LogP contribution in [0.2, 0.25) is 0 Å². The summed E-state index contributed by atoms with van der Waals surface area (Å²) in [6.45, 7) is 3.19. The maximum absolute atomic E-state index is 12.8. The van der Waals surface area contributed by atoms with Crippen molar-refractivity contribution < 1.29 is 14.2 Å². The standard InChI is InChI=1S/C14H16N4O5/c19-13-11-12(15-7-16(11)1-8-4-21-8)17(2-9-5-22-9)14(20)18(13)3-10-6-23-10/h7-10H,1-6H2. The minimum Gasteiger partial charge on any atom is -0.371 e. The van der Waals surface area contributed by atoms with E-state index < -0.39 is 0 Å². The number of nitrogens with zero attached hydrogens (tertiary/aromatic N) is 4. The lowest BCUT2D eigenvalue weighted by molar-refractivity contribution is 0.362. The molecule has 3 unspecified atom stereocenters. The summed E-state index contributed by atoms with van der Waals surface area (Å²) in [5, 5.41) is 0. The van der Waals surface area contributed by atoms with Gasteiger partial charge in [0.05, 0.1) is 64.1 Å². The predicted octanol–water partition coefficient (Wildman–Crippen LogP) is -1.44. The minimum absolute atomic E-state index is 0.0240. The van der Waals surface area contributed by atoms with Gasteiger partial charge < -0.3 is 18.8 Å². The van der Waals surface area contributed by atoms with Crippen LogP contribution in [0, 0.1) is 0 Å². The number of epoxide rings is 3. The largest absolute Gasteiger partial charge is 0.371 e. The average molecular weight is 320 g/mol. The first kappa shape index (κ1) is 13.5. The van der Waals surface area contributed by atoms with Crippen molar-refractivity contribution in [1.82, 2.24) is 18.7 Å². The molecule has 5 heterocycles. The second-order valence-corrected chi connectivity index (χ2v) is 6.24. The third-order valence-electron chi connectivity index (χ3n) is 4.36. The normalized spacial score (nSPS) is 28.3. The molecule has 3 atom stereocenters. The van der Waals surface area contributed by atoms with Crippen molar-refractivity contribution in [2.75, 3.05) is 19.8 Å². The van der Waals surface area contributed by atoms with Gasteiger partial charge in [-0.1, -0.05) is 0 Å². The Morgan fingerprint density at radius 1 is 0.957 bits per heavy atom. The molecule has 0 radical (unpaired) electrons. The van der Waals surface area contributed by atoms with Crippen LogP contribution in [0.5, 0.6) is 0 Å². The van der Waals surface area contributed by atoms with Gasteiger partial charge in [-0.05, 0) is 0 Å². The highest BCUT2D eigenvalue weighted by Gasteiger charge is 2.31. The van der Waals surface area contributed by atoms with Crippen LogP contribution in [0.3, 0.4) is 0 Å². The summed E-state index contributed by atoms with van der Waals surface area (Å²) >= 11 is 0. The van der Waals surface area contributed by atoms with Crippen LogP contribution in [0.4, 0.5) is 0 Å². The van der Waals surface area contributed by atoms with Crippen molar-refractivity contribution in [2.45, 2.75) is 37.9 Å². The highest BCUT2D eigenvalue weighted by atomic mass is 16.6. The van der Waals surface area contributed by atoms with Gasteiger partial charge in [0.25, 0.3) is 5.56 Å². The molecule has 0 aromatic carbocycles. The van der Waals surface area contributed by atoms with E-state index in [1.165, 1.54) is 4.57 Å². The lowest BCUT2D eigenvalue weighted by Gasteiger charge is -2.10. The number of imidazole rings is 1. The van der Waals surface area contributed by atoms with E-state index in [2.05, 4.69) is 4.98 Å². The zero-order chi connectivity index (χ0) is 15.6. The predicted molar refractivity (Wildman–Crippen MR) is 77.5 cm³/mol. The highest BCUT2D eigenvalue weighted by Crippen LogP contribution is 2.18. The van der Waals surface area contributed by atoms with Gasteiger partial charge in [-0.15, -0.1) is 0 Å². The fraction of sp³-hybridized carbons (Fsp3) is 0.643. The molecule has 0 N–H and O–H groups in total. The van der Waals surface area contributed by atoms with Crippen LogP contribution < -0.4 is 11.2 Å². The van der Waals surface area contributed by atoms with E-state index in [0.717, 1.165) is 0 Å². The molecular formula is C14H16N4O5. The van der Waals surface area contributed by atoms with E-state index >= 15 is 0 Å². The van der Waals surface area contributed by atoms with E-state index in [0.29, 0.717) is 44.1 Å². The summed E-state index contributed by atoms with van der Waals surface area (Å²) < 4.78 is 20.2. The number of hydrogen-bond donors (Lipinski definition) is 0. The van der Waals surface area contributed by atoms with Gasteiger partial charge in [0.15, 0.2) is 11.2 Å². The quantitative estimate of drug-likeness (QED) is 0.604. The molecule has 2 aromatic rings. The topological polar surface area (TPSA) is 99.4 Å². The average Bonchev–Trinajstić information content (AvgIpc) is 3.38. The van der Waals surface area contributed by atoms with Gasteiger partial charge in [0, 0.05) is 0 Å². The van der Waals surface area contributed by atoms with E-state index in [4.69, 9.17) is 14.2 Å². The van der Waals surface area contributed by atoms with Crippen LogP contribution in [-0.2, 0) is 33.8 Å². The Kier molecular flexibility index (Phi) is 2.79. The van der Waals surface area contributed by atoms with Crippen LogP contribution in [0.25, 0.3) is 11.2 Å². The lowest BCUT2D eigenvalue weighted by Crippen LogP contribution is -2.42. The number of fused-ring (bicyclic) bond motifs is 1. The van der Waals surface area contributed by atoms with Crippen LogP contribution in [0.15, 0.2) is 15.9 Å². The summed E-state index contributed by atoms with van der Waals surface area (Å²) in [6.07, 6.45) is 1.71. The Hall–Kier alpha value is -1.97. The molecule has 5 rings (SSSR count). The van der Waals surface area contributed by atoms with Gasteiger partial charge in [0.1, 0.15) is 0 Å². The van der Waals surface area contributed by atoms with Crippen LogP contribution in [-0.4, -0.2) is 56.8 Å². The molecule has 0 spiro atoms. The molecule has 3 fully saturated rings. The zero-order valence-electron chi connectivity index (χ0n) is 12.4. The minimum atomic E-state index is -0.346. The summed E-state index contributed by atoms with van der Waals surface area (Å²) in [5.74, 6) is 0. The Balaban J connectivity index is 1.70. The van der Waals surface area contributed by atoms with Crippen molar-refractivity contribution in [1.29, 1.82) is 0 Å².